The predicted molar refractivity (Wildman–Crippen MR) is 87.3 cm³/mol. The Balaban J connectivity index is 1.51. The highest BCUT2D eigenvalue weighted by molar-refractivity contribution is 8.14. The average Bonchev–Trinajstić information content (AvgIpc) is 2.82. The Bertz CT molecular complexity index is 307. The lowest BCUT2D eigenvalue weighted by molar-refractivity contribution is 0.303. The van der Waals surface area contributed by atoms with Gasteiger partial charge in [-0.1, -0.05) is 31.0 Å². The van der Waals surface area contributed by atoms with Gasteiger partial charge in [-0.15, -0.1) is 0 Å². The quantitative estimate of drug-likeness (QED) is 0.846. The molecule has 1 atom stereocenters. The first-order valence-electron chi connectivity index (χ1n) is 7.01. The van der Waals surface area contributed by atoms with Crippen molar-refractivity contribution in [1.29, 1.82) is 0 Å². The van der Waals surface area contributed by atoms with E-state index in [1.807, 2.05) is 11.8 Å². The Kier molecular flexibility index (Phi) is 4.74. The van der Waals surface area contributed by atoms with Gasteiger partial charge < -0.3 is 5.32 Å². The smallest absolute Gasteiger partial charge is 0.157 e. The van der Waals surface area contributed by atoms with Gasteiger partial charge in [-0.05, 0) is 12.8 Å². The standard InChI is InChI=1S/C13H22N2S3/c1-2-4-13(5-3-1)10-18-12(15-13)14-8-11-9-16-6-7-17-11/h11H,1-10H2,(H,14,15). The summed E-state index contributed by atoms with van der Waals surface area (Å²) in [5, 5.41) is 5.72. The number of thioether (sulfide) groups is 3. The van der Waals surface area contributed by atoms with E-state index in [0.29, 0.717) is 5.54 Å². The van der Waals surface area contributed by atoms with Gasteiger partial charge in [0.1, 0.15) is 0 Å². The summed E-state index contributed by atoms with van der Waals surface area (Å²) in [5.74, 6) is 5.17. The Labute approximate surface area is 123 Å². The molecule has 2 saturated heterocycles. The average molecular weight is 303 g/mol. The molecule has 1 N–H and O–H groups in total. The van der Waals surface area contributed by atoms with Crippen molar-refractivity contribution in [2.45, 2.75) is 42.9 Å². The zero-order valence-corrected chi connectivity index (χ0v) is 13.3. The first kappa shape index (κ1) is 13.5. The van der Waals surface area contributed by atoms with Crippen molar-refractivity contribution >= 4 is 40.5 Å². The summed E-state index contributed by atoms with van der Waals surface area (Å²) < 4.78 is 0. The first-order valence-corrected chi connectivity index (χ1v) is 10.2. The summed E-state index contributed by atoms with van der Waals surface area (Å²) in [6, 6.07) is 0. The molecular weight excluding hydrogens is 280 g/mol. The molecule has 1 spiro atoms. The van der Waals surface area contributed by atoms with Crippen molar-refractivity contribution in [1.82, 2.24) is 5.32 Å². The highest BCUT2D eigenvalue weighted by atomic mass is 32.2. The Morgan fingerprint density at radius 1 is 1.22 bits per heavy atom. The first-order chi connectivity index (χ1) is 8.86. The second kappa shape index (κ2) is 6.31. The van der Waals surface area contributed by atoms with E-state index in [4.69, 9.17) is 4.99 Å². The molecule has 0 amide bonds. The van der Waals surface area contributed by atoms with E-state index >= 15 is 0 Å². The molecular formula is C13H22N2S3. The number of nitrogens with one attached hydrogen (secondary N) is 1. The zero-order valence-electron chi connectivity index (χ0n) is 10.8. The van der Waals surface area contributed by atoms with Crippen LogP contribution in [0, 0.1) is 0 Å². The molecule has 0 aromatic heterocycles. The zero-order chi connectivity index (χ0) is 12.3. The molecule has 0 radical (unpaired) electrons. The number of nitrogens with zero attached hydrogens (tertiary/aromatic N) is 1. The molecule has 0 aromatic rings. The topological polar surface area (TPSA) is 24.4 Å². The Morgan fingerprint density at radius 3 is 2.89 bits per heavy atom. The summed E-state index contributed by atoms with van der Waals surface area (Å²) >= 11 is 6.16. The maximum absolute atomic E-state index is 4.83. The van der Waals surface area contributed by atoms with Crippen LogP contribution >= 0.6 is 35.3 Å². The van der Waals surface area contributed by atoms with Gasteiger partial charge in [0.15, 0.2) is 5.17 Å². The van der Waals surface area contributed by atoms with Crippen molar-refractivity contribution in [2.75, 3.05) is 29.6 Å². The van der Waals surface area contributed by atoms with E-state index in [1.54, 1.807) is 0 Å². The van der Waals surface area contributed by atoms with E-state index in [-0.39, 0.29) is 0 Å². The molecule has 5 heteroatoms. The third kappa shape index (κ3) is 3.34. The van der Waals surface area contributed by atoms with Crippen LogP contribution in [0.5, 0.6) is 0 Å². The fourth-order valence-electron chi connectivity index (χ4n) is 2.92. The second-order valence-corrected chi connectivity index (χ2v) is 8.99. The lowest BCUT2D eigenvalue weighted by Gasteiger charge is -2.32. The molecule has 3 rings (SSSR count). The molecule has 1 saturated carbocycles. The molecule has 0 bridgehead atoms. The minimum atomic E-state index is 0.413. The number of amidine groups is 1. The number of hydrogen-bond acceptors (Lipinski definition) is 4. The minimum Gasteiger partial charge on any atom is -0.359 e. The highest BCUT2D eigenvalue weighted by Gasteiger charge is 2.38. The Morgan fingerprint density at radius 2 is 2.11 bits per heavy atom. The predicted octanol–water partition coefficient (Wildman–Crippen LogP) is 3.23. The second-order valence-electron chi connectivity index (χ2n) is 5.47. The number of hydrogen-bond donors (Lipinski definition) is 1. The fourth-order valence-corrected chi connectivity index (χ4v) is 6.72. The van der Waals surface area contributed by atoms with Crippen LogP contribution in [0.3, 0.4) is 0 Å². The van der Waals surface area contributed by atoms with E-state index in [2.05, 4.69) is 28.8 Å². The molecule has 18 heavy (non-hydrogen) atoms. The number of rotatable bonds is 2. The molecule has 2 aliphatic heterocycles. The van der Waals surface area contributed by atoms with Crippen molar-refractivity contribution in [3.05, 3.63) is 0 Å². The van der Waals surface area contributed by atoms with Crippen molar-refractivity contribution in [3.63, 3.8) is 0 Å². The van der Waals surface area contributed by atoms with Crippen LogP contribution in [-0.2, 0) is 0 Å². The van der Waals surface area contributed by atoms with Crippen molar-refractivity contribution < 1.29 is 0 Å². The molecule has 1 unspecified atom stereocenters. The summed E-state index contributed by atoms with van der Waals surface area (Å²) in [6.45, 7) is 1.02. The van der Waals surface area contributed by atoms with Gasteiger partial charge in [-0.2, -0.15) is 23.5 Å². The molecule has 102 valence electrons. The van der Waals surface area contributed by atoms with E-state index in [9.17, 15) is 0 Å². The van der Waals surface area contributed by atoms with Crippen molar-refractivity contribution in [2.24, 2.45) is 4.99 Å². The SMILES string of the molecule is C1CCC2(CC1)CSC(=NCC1CSCCS1)N2. The monoisotopic (exact) mass is 302 g/mol. The van der Waals surface area contributed by atoms with Crippen LogP contribution in [-0.4, -0.2) is 45.5 Å². The van der Waals surface area contributed by atoms with Crippen LogP contribution in [0.4, 0.5) is 0 Å². The molecule has 3 fully saturated rings. The summed E-state index contributed by atoms with van der Waals surface area (Å²) in [5.41, 5.74) is 0.413. The number of aliphatic imine (C=N–C) groups is 1. The highest BCUT2D eigenvalue weighted by Crippen LogP contribution is 2.36. The van der Waals surface area contributed by atoms with Gasteiger partial charge >= 0.3 is 0 Å². The van der Waals surface area contributed by atoms with Crippen LogP contribution < -0.4 is 5.32 Å². The Hall–Kier alpha value is 0.520. The van der Waals surface area contributed by atoms with Gasteiger partial charge in [-0.25, -0.2) is 0 Å². The van der Waals surface area contributed by atoms with Gasteiger partial charge in [0.05, 0.1) is 6.54 Å². The van der Waals surface area contributed by atoms with Crippen LogP contribution in [0.15, 0.2) is 4.99 Å². The van der Waals surface area contributed by atoms with Crippen molar-refractivity contribution in [3.8, 4) is 0 Å². The van der Waals surface area contributed by atoms with Gasteiger partial charge in [0.2, 0.25) is 0 Å². The third-order valence-corrected chi connectivity index (χ3v) is 8.02. The molecule has 1 aliphatic carbocycles. The molecule has 3 aliphatic rings. The summed E-state index contributed by atoms with van der Waals surface area (Å²) in [7, 11) is 0. The van der Waals surface area contributed by atoms with Crippen LogP contribution in [0.1, 0.15) is 32.1 Å². The maximum Gasteiger partial charge on any atom is 0.157 e. The van der Waals surface area contributed by atoms with E-state index < -0.39 is 0 Å². The molecule has 0 aromatic carbocycles. The van der Waals surface area contributed by atoms with E-state index in [0.717, 1.165) is 11.8 Å². The van der Waals surface area contributed by atoms with Crippen LogP contribution in [0.25, 0.3) is 0 Å². The normalized spacial score (nSPS) is 33.8. The largest absolute Gasteiger partial charge is 0.359 e. The van der Waals surface area contributed by atoms with Crippen LogP contribution in [0.2, 0.25) is 0 Å². The third-order valence-electron chi connectivity index (χ3n) is 3.99. The fraction of sp³-hybridized carbons (Fsp3) is 0.923. The molecule has 2 nitrogen and oxygen atoms in total. The molecule has 2 heterocycles. The minimum absolute atomic E-state index is 0.413. The van der Waals surface area contributed by atoms with Gasteiger partial charge in [-0.3, -0.25) is 4.99 Å². The van der Waals surface area contributed by atoms with E-state index in [1.165, 1.54) is 60.3 Å². The summed E-state index contributed by atoms with van der Waals surface area (Å²) in [4.78, 5) is 4.83. The summed E-state index contributed by atoms with van der Waals surface area (Å²) in [6.07, 6.45) is 6.93. The lowest BCUT2D eigenvalue weighted by atomic mass is 9.83. The van der Waals surface area contributed by atoms with Gasteiger partial charge in [0, 0.05) is 33.8 Å². The lowest BCUT2D eigenvalue weighted by Crippen LogP contribution is -2.45. The maximum atomic E-state index is 4.83. The van der Waals surface area contributed by atoms with Gasteiger partial charge in [0.25, 0.3) is 0 Å².